The van der Waals surface area contributed by atoms with Crippen molar-refractivity contribution < 1.29 is 22.0 Å². The lowest BCUT2D eigenvalue weighted by Gasteiger charge is -2.34. The third-order valence-corrected chi connectivity index (χ3v) is 4.00. The Kier molecular flexibility index (Phi) is 3.65. The summed E-state index contributed by atoms with van der Waals surface area (Å²) >= 11 is 0. The van der Waals surface area contributed by atoms with Crippen molar-refractivity contribution in [3.8, 4) is 0 Å². The van der Waals surface area contributed by atoms with Gasteiger partial charge >= 0.3 is 11.9 Å². The summed E-state index contributed by atoms with van der Waals surface area (Å²) in [7, 11) is 0. The van der Waals surface area contributed by atoms with E-state index in [0.29, 0.717) is 6.07 Å². The van der Waals surface area contributed by atoms with E-state index in [1.54, 1.807) is 0 Å². The zero-order valence-corrected chi connectivity index (χ0v) is 12.1. The first-order valence-corrected chi connectivity index (χ1v) is 7.07. The van der Waals surface area contributed by atoms with Crippen LogP contribution < -0.4 is 16.1 Å². The minimum Gasteiger partial charge on any atom is -0.371 e. The first-order valence-electron chi connectivity index (χ1n) is 7.07. The van der Waals surface area contributed by atoms with Gasteiger partial charge in [-0.15, -0.1) is 0 Å². The van der Waals surface area contributed by atoms with Crippen LogP contribution in [0.2, 0.25) is 0 Å². The maximum absolute atomic E-state index is 13.3. The van der Waals surface area contributed by atoms with Crippen LogP contribution in [-0.2, 0) is 6.18 Å². The fourth-order valence-corrected chi connectivity index (χ4v) is 2.77. The van der Waals surface area contributed by atoms with Crippen molar-refractivity contribution in [2.24, 2.45) is 0 Å². The highest BCUT2D eigenvalue weighted by atomic mass is 19.4. The lowest BCUT2D eigenvalue weighted by atomic mass is 10.0. The molecule has 0 aliphatic carbocycles. The van der Waals surface area contributed by atoms with Crippen LogP contribution in [0.25, 0.3) is 10.9 Å². The van der Waals surface area contributed by atoms with Crippen molar-refractivity contribution in [1.82, 2.24) is 9.97 Å². The molecule has 1 aromatic carbocycles. The zero-order valence-electron chi connectivity index (χ0n) is 12.1. The summed E-state index contributed by atoms with van der Waals surface area (Å²) in [5.41, 5.74) is -3.45. The molecule has 2 heterocycles. The van der Waals surface area contributed by atoms with E-state index in [2.05, 4.69) is 4.98 Å². The molecule has 24 heavy (non-hydrogen) atoms. The molecule has 1 aliphatic heterocycles. The van der Waals surface area contributed by atoms with Crippen molar-refractivity contribution in [1.29, 1.82) is 0 Å². The second-order valence-corrected chi connectivity index (χ2v) is 5.66. The van der Waals surface area contributed by atoms with Crippen molar-refractivity contribution in [2.75, 3.05) is 18.0 Å². The molecule has 1 aliphatic rings. The number of nitrogens with one attached hydrogen (secondary N) is 2. The number of alkyl halides is 5. The monoisotopic (exact) mass is 349 g/mol. The molecular weight excluding hydrogens is 337 g/mol. The molecule has 0 atom stereocenters. The Morgan fingerprint density at radius 2 is 1.67 bits per heavy atom. The minimum atomic E-state index is -4.76. The van der Waals surface area contributed by atoms with Crippen LogP contribution in [0.5, 0.6) is 0 Å². The number of aromatic amines is 2. The lowest BCUT2D eigenvalue weighted by Crippen LogP contribution is -2.40. The number of benzene rings is 1. The molecule has 0 saturated carbocycles. The van der Waals surface area contributed by atoms with Gasteiger partial charge in [0, 0.05) is 31.6 Å². The van der Waals surface area contributed by atoms with E-state index in [1.165, 1.54) is 4.90 Å². The van der Waals surface area contributed by atoms with Crippen LogP contribution in [0.3, 0.4) is 0 Å². The highest BCUT2D eigenvalue weighted by molar-refractivity contribution is 5.84. The third kappa shape index (κ3) is 3.00. The molecular formula is C14H12F5N3O2. The molecule has 3 rings (SSSR count). The second-order valence-electron chi connectivity index (χ2n) is 5.66. The van der Waals surface area contributed by atoms with Crippen molar-refractivity contribution >= 4 is 16.6 Å². The van der Waals surface area contributed by atoms with E-state index in [4.69, 9.17) is 0 Å². The van der Waals surface area contributed by atoms with Gasteiger partial charge in [-0.3, -0.25) is 9.78 Å². The van der Waals surface area contributed by atoms with Crippen LogP contribution in [0.1, 0.15) is 18.4 Å². The van der Waals surface area contributed by atoms with Crippen molar-refractivity contribution in [3.63, 3.8) is 0 Å². The predicted octanol–water partition coefficient (Wildman–Crippen LogP) is 2.47. The quantitative estimate of drug-likeness (QED) is 0.777. The van der Waals surface area contributed by atoms with E-state index < -0.39 is 41.8 Å². The highest BCUT2D eigenvalue weighted by Gasteiger charge is 2.39. The number of hydrogen-bond donors (Lipinski definition) is 2. The van der Waals surface area contributed by atoms with Crippen LogP contribution >= 0.6 is 0 Å². The Labute approximate surface area is 131 Å². The van der Waals surface area contributed by atoms with Crippen molar-refractivity contribution in [2.45, 2.75) is 24.9 Å². The van der Waals surface area contributed by atoms with E-state index >= 15 is 0 Å². The maximum Gasteiger partial charge on any atom is 0.418 e. The number of rotatable bonds is 1. The first kappa shape index (κ1) is 16.5. The Balaban J connectivity index is 2.18. The third-order valence-electron chi connectivity index (χ3n) is 4.00. The largest absolute Gasteiger partial charge is 0.418 e. The Morgan fingerprint density at radius 1 is 1.04 bits per heavy atom. The number of nitrogens with zero attached hydrogens (tertiary/aromatic N) is 1. The molecule has 2 aromatic rings. The molecule has 2 N–H and O–H groups in total. The molecule has 0 amide bonds. The summed E-state index contributed by atoms with van der Waals surface area (Å²) < 4.78 is 66.5. The fraction of sp³-hybridized carbons (Fsp3) is 0.429. The minimum absolute atomic E-state index is 0.144. The van der Waals surface area contributed by atoms with E-state index in [9.17, 15) is 31.5 Å². The smallest absolute Gasteiger partial charge is 0.371 e. The number of aromatic nitrogens is 2. The summed E-state index contributed by atoms with van der Waals surface area (Å²) in [5.74, 6) is -2.91. The van der Waals surface area contributed by atoms with Gasteiger partial charge in [0.05, 0.1) is 16.5 Å². The zero-order chi connectivity index (χ0) is 17.7. The van der Waals surface area contributed by atoms with Crippen LogP contribution in [-0.4, -0.2) is 29.0 Å². The normalized spacial score (nSPS) is 18.1. The number of H-pyrrole nitrogens is 2. The Morgan fingerprint density at radius 3 is 2.25 bits per heavy atom. The lowest BCUT2D eigenvalue weighted by molar-refractivity contribution is -0.137. The first-order chi connectivity index (χ1) is 11.1. The number of anilines is 1. The van der Waals surface area contributed by atoms with Crippen LogP contribution in [0.4, 0.5) is 27.6 Å². The van der Waals surface area contributed by atoms with Crippen LogP contribution in [0.15, 0.2) is 21.7 Å². The predicted molar refractivity (Wildman–Crippen MR) is 76.6 cm³/mol. The Bertz CT molecular complexity index is 890. The average Bonchev–Trinajstić information content (AvgIpc) is 2.45. The molecule has 1 fully saturated rings. The average molecular weight is 349 g/mol. The number of hydrogen-bond acceptors (Lipinski definition) is 3. The molecule has 0 unspecified atom stereocenters. The topological polar surface area (TPSA) is 69.0 Å². The number of piperidine rings is 1. The highest BCUT2D eigenvalue weighted by Crippen LogP contribution is 2.40. The summed E-state index contributed by atoms with van der Waals surface area (Å²) in [6.45, 7) is -0.522. The van der Waals surface area contributed by atoms with E-state index in [-0.39, 0.29) is 29.7 Å². The molecule has 0 radical (unpaired) electrons. The SMILES string of the molecule is O=c1[nH]c(=O)c2cc(N3CCC(F)(F)CC3)c(C(F)(F)F)cc2[nH]1. The maximum atomic E-state index is 13.3. The molecule has 1 aromatic heterocycles. The second kappa shape index (κ2) is 5.32. The number of halogens is 5. The van der Waals surface area contributed by atoms with Gasteiger partial charge in [-0.05, 0) is 12.1 Å². The van der Waals surface area contributed by atoms with Gasteiger partial charge in [0.15, 0.2) is 0 Å². The van der Waals surface area contributed by atoms with E-state index in [0.717, 1.165) is 6.07 Å². The van der Waals surface area contributed by atoms with Gasteiger partial charge in [0.2, 0.25) is 0 Å². The molecule has 10 heteroatoms. The van der Waals surface area contributed by atoms with Gasteiger partial charge < -0.3 is 9.88 Å². The standard InChI is InChI=1S/C14H12F5N3O2/c15-13(16)1-3-22(4-2-13)10-5-7-9(6-8(10)14(17,18)19)20-12(24)21-11(7)23/h5-6H,1-4H2,(H2,20,21,23,24). The summed E-state index contributed by atoms with van der Waals surface area (Å²) in [6.07, 6.45) is -5.89. The summed E-state index contributed by atoms with van der Waals surface area (Å²) in [6, 6.07) is 1.64. The molecule has 5 nitrogen and oxygen atoms in total. The molecule has 1 saturated heterocycles. The Hall–Kier alpha value is -2.39. The van der Waals surface area contributed by atoms with Gasteiger partial charge in [0.25, 0.3) is 11.5 Å². The molecule has 130 valence electrons. The summed E-state index contributed by atoms with van der Waals surface area (Å²) in [5, 5.41) is -0.144. The van der Waals surface area contributed by atoms with Gasteiger partial charge in [-0.2, -0.15) is 13.2 Å². The van der Waals surface area contributed by atoms with Crippen molar-refractivity contribution in [3.05, 3.63) is 38.5 Å². The van der Waals surface area contributed by atoms with Gasteiger partial charge in [0.1, 0.15) is 0 Å². The summed E-state index contributed by atoms with van der Waals surface area (Å²) in [4.78, 5) is 28.3. The van der Waals surface area contributed by atoms with Gasteiger partial charge in [-0.25, -0.2) is 13.6 Å². The number of fused-ring (bicyclic) bond motifs is 1. The van der Waals surface area contributed by atoms with E-state index in [1.807, 2.05) is 4.98 Å². The van der Waals surface area contributed by atoms with Crippen LogP contribution in [0, 0.1) is 0 Å². The molecule has 0 spiro atoms. The fourth-order valence-electron chi connectivity index (χ4n) is 2.77. The van der Waals surface area contributed by atoms with Gasteiger partial charge in [-0.1, -0.05) is 0 Å². The molecule has 0 bridgehead atoms.